The molecule has 1 aromatic rings. The van der Waals surface area contributed by atoms with Gasteiger partial charge in [-0.2, -0.15) is 0 Å². The lowest BCUT2D eigenvalue weighted by molar-refractivity contribution is 0.197. The van der Waals surface area contributed by atoms with E-state index in [0.29, 0.717) is 11.8 Å². The van der Waals surface area contributed by atoms with E-state index in [-0.39, 0.29) is 0 Å². The summed E-state index contributed by atoms with van der Waals surface area (Å²) in [5.41, 5.74) is 7.34. The molecule has 1 aromatic carbocycles. The number of hydrogen-bond donors (Lipinski definition) is 1. The van der Waals surface area contributed by atoms with Gasteiger partial charge in [0.2, 0.25) is 0 Å². The average molecular weight is 291 g/mol. The monoisotopic (exact) mass is 291 g/mol. The summed E-state index contributed by atoms with van der Waals surface area (Å²) in [7, 11) is 3.41. The SMILES string of the molecule is COc1cc(OC)cc(C2CC(C(C)C)CCC2CN)c1. The fourth-order valence-electron chi connectivity index (χ4n) is 3.61. The molecule has 2 N–H and O–H groups in total. The van der Waals surface area contributed by atoms with Crippen molar-refractivity contribution in [2.24, 2.45) is 23.5 Å². The van der Waals surface area contributed by atoms with Crippen LogP contribution in [0.25, 0.3) is 0 Å². The van der Waals surface area contributed by atoms with Gasteiger partial charge in [-0.15, -0.1) is 0 Å². The number of rotatable bonds is 5. The fraction of sp³-hybridized carbons (Fsp3) is 0.667. The van der Waals surface area contributed by atoms with E-state index in [9.17, 15) is 0 Å². The fourth-order valence-corrected chi connectivity index (χ4v) is 3.61. The molecule has 3 atom stereocenters. The van der Waals surface area contributed by atoms with Crippen molar-refractivity contribution in [3.63, 3.8) is 0 Å². The Bertz CT molecular complexity index is 436. The molecule has 1 fully saturated rings. The maximum Gasteiger partial charge on any atom is 0.122 e. The summed E-state index contributed by atoms with van der Waals surface area (Å²) in [5, 5.41) is 0. The maximum atomic E-state index is 6.03. The van der Waals surface area contributed by atoms with E-state index in [0.717, 1.165) is 29.9 Å². The summed E-state index contributed by atoms with van der Waals surface area (Å²) < 4.78 is 10.8. The van der Waals surface area contributed by atoms with Crippen LogP contribution in [-0.4, -0.2) is 20.8 Å². The van der Waals surface area contributed by atoms with Gasteiger partial charge in [-0.3, -0.25) is 0 Å². The Balaban J connectivity index is 2.31. The lowest BCUT2D eigenvalue weighted by Gasteiger charge is -2.38. The largest absolute Gasteiger partial charge is 0.497 e. The number of methoxy groups -OCH3 is 2. The molecule has 0 heterocycles. The van der Waals surface area contributed by atoms with Crippen molar-refractivity contribution >= 4 is 0 Å². The van der Waals surface area contributed by atoms with E-state index in [1.807, 2.05) is 6.07 Å². The molecular formula is C18H29NO2. The second-order valence-corrected chi connectivity index (χ2v) is 6.57. The summed E-state index contributed by atoms with van der Waals surface area (Å²) in [6.07, 6.45) is 3.75. The Morgan fingerprint density at radius 3 is 2.19 bits per heavy atom. The number of hydrogen-bond acceptors (Lipinski definition) is 3. The van der Waals surface area contributed by atoms with Gasteiger partial charge in [0.1, 0.15) is 11.5 Å². The van der Waals surface area contributed by atoms with Crippen molar-refractivity contribution in [3.05, 3.63) is 23.8 Å². The molecule has 1 aliphatic rings. The third-order valence-electron chi connectivity index (χ3n) is 5.08. The number of benzene rings is 1. The van der Waals surface area contributed by atoms with Gasteiger partial charge in [0.25, 0.3) is 0 Å². The summed E-state index contributed by atoms with van der Waals surface area (Å²) in [5.74, 6) is 4.34. The molecule has 2 rings (SSSR count). The third-order valence-corrected chi connectivity index (χ3v) is 5.08. The molecule has 0 bridgehead atoms. The molecule has 3 nitrogen and oxygen atoms in total. The first-order valence-electron chi connectivity index (χ1n) is 8.02. The summed E-state index contributed by atoms with van der Waals surface area (Å²) >= 11 is 0. The molecule has 0 aliphatic heterocycles. The highest BCUT2D eigenvalue weighted by atomic mass is 16.5. The van der Waals surface area contributed by atoms with Crippen LogP contribution in [0.15, 0.2) is 18.2 Å². The topological polar surface area (TPSA) is 44.5 Å². The number of nitrogens with two attached hydrogens (primary N) is 1. The zero-order valence-electron chi connectivity index (χ0n) is 13.8. The minimum atomic E-state index is 0.514. The van der Waals surface area contributed by atoms with Crippen LogP contribution >= 0.6 is 0 Å². The van der Waals surface area contributed by atoms with Crippen LogP contribution in [0, 0.1) is 17.8 Å². The van der Waals surface area contributed by atoms with E-state index < -0.39 is 0 Å². The molecule has 0 saturated heterocycles. The molecule has 118 valence electrons. The molecular weight excluding hydrogens is 262 g/mol. The lowest BCUT2D eigenvalue weighted by atomic mass is 9.68. The second-order valence-electron chi connectivity index (χ2n) is 6.57. The van der Waals surface area contributed by atoms with Crippen LogP contribution < -0.4 is 15.2 Å². The Labute approximate surface area is 128 Å². The molecule has 3 heteroatoms. The molecule has 0 radical (unpaired) electrons. The molecule has 0 aromatic heterocycles. The summed E-state index contributed by atoms with van der Waals surface area (Å²) in [4.78, 5) is 0. The van der Waals surface area contributed by atoms with Crippen molar-refractivity contribution in [3.8, 4) is 11.5 Å². The highest BCUT2D eigenvalue weighted by Gasteiger charge is 2.32. The second kappa shape index (κ2) is 7.17. The van der Waals surface area contributed by atoms with Crippen LogP contribution in [-0.2, 0) is 0 Å². The Morgan fingerprint density at radius 1 is 1.10 bits per heavy atom. The van der Waals surface area contributed by atoms with E-state index in [4.69, 9.17) is 15.2 Å². The predicted octanol–water partition coefficient (Wildman–Crippen LogP) is 3.82. The van der Waals surface area contributed by atoms with Crippen molar-refractivity contribution in [1.29, 1.82) is 0 Å². The first-order valence-corrected chi connectivity index (χ1v) is 8.02. The first kappa shape index (κ1) is 16.2. The van der Waals surface area contributed by atoms with Gasteiger partial charge in [-0.25, -0.2) is 0 Å². The number of ether oxygens (including phenoxy) is 2. The van der Waals surface area contributed by atoms with E-state index in [2.05, 4.69) is 26.0 Å². The standard InChI is InChI=1S/C18H29NO2/c1-12(2)13-5-6-14(11-19)18(9-13)15-7-16(20-3)10-17(8-15)21-4/h7-8,10,12-14,18H,5-6,9,11,19H2,1-4H3. The third kappa shape index (κ3) is 3.70. The zero-order valence-corrected chi connectivity index (χ0v) is 13.8. The van der Waals surface area contributed by atoms with Crippen molar-refractivity contribution < 1.29 is 9.47 Å². The van der Waals surface area contributed by atoms with Gasteiger partial charge in [0.05, 0.1) is 14.2 Å². The Kier molecular flexibility index (Phi) is 5.51. The van der Waals surface area contributed by atoms with Crippen molar-refractivity contribution in [2.75, 3.05) is 20.8 Å². The quantitative estimate of drug-likeness (QED) is 0.897. The first-order chi connectivity index (χ1) is 10.1. The van der Waals surface area contributed by atoms with Gasteiger partial charge in [0.15, 0.2) is 0 Å². The van der Waals surface area contributed by atoms with E-state index in [1.165, 1.54) is 24.8 Å². The molecule has 21 heavy (non-hydrogen) atoms. The van der Waals surface area contributed by atoms with Gasteiger partial charge >= 0.3 is 0 Å². The Morgan fingerprint density at radius 2 is 1.71 bits per heavy atom. The van der Waals surface area contributed by atoms with Crippen LogP contribution in [0.5, 0.6) is 11.5 Å². The highest BCUT2D eigenvalue weighted by Crippen LogP contribution is 2.44. The maximum absolute atomic E-state index is 6.03. The van der Waals surface area contributed by atoms with E-state index >= 15 is 0 Å². The minimum Gasteiger partial charge on any atom is -0.497 e. The van der Waals surface area contributed by atoms with Crippen LogP contribution in [0.1, 0.15) is 44.6 Å². The zero-order chi connectivity index (χ0) is 15.4. The smallest absolute Gasteiger partial charge is 0.122 e. The molecule has 1 saturated carbocycles. The van der Waals surface area contributed by atoms with Crippen LogP contribution in [0.4, 0.5) is 0 Å². The summed E-state index contributed by atoms with van der Waals surface area (Å²) in [6, 6.07) is 6.24. The van der Waals surface area contributed by atoms with Gasteiger partial charge < -0.3 is 15.2 Å². The van der Waals surface area contributed by atoms with Crippen molar-refractivity contribution in [1.82, 2.24) is 0 Å². The van der Waals surface area contributed by atoms with Crippen molar-refractivity contribution in [2.45, 2.75) is 39.0 Å². The van der Waals surface area contributed by atoms with Gasteiger partial charge in [-0.1, -0.05) is 13.8 Å². The molecule has 0 spiro atoms. The summed E-state index contributed by atoms with van der Waals surface area (Å²) in [6.45, 7) is 5.42. The van der Waals surface area contributed by atoms with Gasteiger partial charge in [0, 0.05) is 6.07 Å². The molecule has 3 unspecified atom stereocenters. The van der Waals surface area contributed by atoms with E-state index in [1.54, 1.807) is 14.2 Å². The average Bonchev–Trinajstić information content (AvgIpc) is 2.53. The van der Waals surface area contributed by atoms with Gasteiger partial charge in [-0.05, 0) is 67.2 Å². The van der Waals surface area contributed by atoms with Crippen LogP contribution in [0.2, 0.25) is 0 Å². The molecule has 1 aliphatic carbocycles. The molecule has 0 amide bonds. The highest BCUT2D eigenvalue weighted by molar-refractivity contribution is 5.40. The lowest BCUT2D eigenvalue weighted by Crippen LogP contribution is -2.30. The predicted molar refractivity (Wildman–Crippen MR) is 87.0 cm³/mol. The van der Waals surface area contributed by atoms with Crippen LogP contribution in [0.3, 0.4) is 0 Å². The Hall–Kier alpha value is -1.22. The normalized spacial score (nSPS) is 25.9. The minimum absolute atomic E-state index is 0.514.